The number of hydrogen-bond donors (Lipinski definition) is 1. The van der Waals surface area contributed by atoms with Crippen LogP contribution in [0, 0.1) is 0 Å². The van der Waals surface area contributed by atoms with Gasteiger partial charge in [0.15, 0.2) is 0 Å². The van der Waals surface area contributed by atoms with Crippen molar-refractivity contribution in [1.29, 1.82) is 0 Å². The predicted molar refractivity (Wildman–Crippen MR) is 82.0 cm³/mol. The number of ether oxygens (including phenoxy) is 1. The third kappa shape index (κ3) is 2.71. The highest BCUT2D eigenvalue weighted by Crippen LogP contribution is 2.34. The lowest BCUT2D eigenvalue weighted by molar-refractivity contribution is 0.399. The standard InChI is InChI=1S/C14H19BrN4O/c1-9(2)19-14(11(15)7-18-19)13(16-3)10-5-6-17-8-12(10)20-4/h5-9,13,16H,1-4H3. The van der Waals surface area contributed by atoms with Crippen molar-refractivity contribution in [3.8, 4) is 5.75 Å². The minimum atomic E-state index is -0.0211. The molecule has 1 unspecified atom stereocenters. The number of methoxy groups -OCH3 is 1. The molecule has 2 aromatic rings. The minimum Gasteiger partial charge on any atom is -0.495 e. The van der Waals surface area contributed by atoms with Crippen LogP contribution in [0.2, 0.25) is 0 Å². The summed E-state index contributed by atoms with van der Waals surface area (Å²) < 4.78 is 8.40. The van der Waals surface area contributed by atoms with E-state index in [0.717, 1.165) is 21.5 Å². The molecule has 0 radical (unpaired) electrons. The Labute approximate surface area is 127 Å². The topological polar surface area (TPSA) is 52.0 Å². The van der Waals surface area contributed by atoms with E-state index in [0.29, 0.717) is 0 Å². The Bertz CT molecular complexity index is 582. The van der Waals surface area contributed by atoms with Crippen molar-refractivity contribution in [3.05, 3.63) is 40.4 Å². The summed E-state index contributed by atoms with van der Waals surface area (Å²) in [6.07, 6.45) is 5.32. The Morgan fingerprint density at radius 1 is 1.35 bits per heavy atom. The Hall–Kier alpha value is -1.40. The lowest BCUT2D eigenvalue weighted by Gasteiger charge is -2.22. The summed E-state index contributed by atoms with van der Waals surface area (Å²) in [6.45, 7) is 4.22. The lowest BCUT2D eigenvalue weighted by Crippen LogP contribution is -2.23. The smallest absolute Gasteiger partial charge is 0.142 e. The fourth-order valence-electron chi connectivity index (χ4n) is 2.27. The summed E-state index contributed by atoms with van der Waals surface area (Å²) in [4.78, 5) is 4.11. The van der Waals surface area contributed by atoms with Gasteiger partial charge in [0.2, 0.25) is 0 Å². The molecule has 0 saturated heterocycles. The molecule has 1 N–H and O–H groups in total. The Kier molecular flexibility index (Phi) is 4.77. The van der Waals surface area contributed by atoms with Gasteiger partial charge in [-0.25, -0.2) is 0 Å². The first kappa shape index (κ1) is 15.0. The zero-order valence-corrected chi connectivity index (χ0v) is 13.7. The quantitative estimate of drug-likeness (QED) is 0.910. The maximum atomic E-state index is 5.42. The van der Waals surface area contributed by atoms with Gasteiger partial charge in [0.05, 0.1) is 35.7 Å². The van der Waals surface area contributed by atoms with Crippen molar-refractivity contribution in [2.24, 2.45) is 0 Å². The van der Waals surface area contributed by atoms with Gasteiger partial charge in [-0.3, -0.25) is 9.67 Å². The van der Waals surface area contributed by atoms with Crippen molar-refractivity contribution in [2.75, 3.05) is 14.2 Å². The molecule has 0 spiro atoms. The fourth-order valence-corrected chi connectivity index (χ4v) is 2.77. The number of nitrogens with zero attached hydrogens (tertiary/aromatic N) is 3. The molecule has 0 amide bonds. The number of halogens is 1. The second-order valence-corrected chi connectivity index (χ2v) is 5.61. The number of nitrogens with one attached hydrogen (secondary N) is 1. The maximum Gasteiger partial charge on any atom is 0.142 e. The van der Waals surface area contributed by atoms with Crippen LogP contribution < -0.4 is 10.1 Å². The Morgan fingerprint density at radius 3 is 2.70 bits per heavy atom. The first-order valence-corrected chi connectivity index (χ1v) is 7.27. The zero-order valence-electron chi connectivity index (χ0n) is 12.1. The van der Waals surface area contributed by atoms with E-state index in [2.05, 4.69) is 45.2 Å². The molecule has 20 heavy (non-hydrogen) atoms. The van der Waals surface area contributed by atoms with Crippen LogP contribution in [0.4, 0.5) is 0 Å². The maximum absolute atomic E-state index is 5.42. The highest BCUT2D eigenvalue weighted by Gasteiger charge is 2.24. The SMILES string of the molecule is CNC(c1ccncc1OC)c1c(Br)cnn1C(C)C. The van der Waals surface area contributed by atoms with Crippen LogP contribution in [-0.4, -0.2) is 28.9 Å². The van der Waals surface area contributed by atoms with Crippen molar-refractivity contribution < 1.29 is 4.74 Å². The largest absolute Gasteiger partial charge is 0.495 e. The fraction of sp³-hybridized carbons (Fsp3) is 0.429. The highest BCUT2D eigenvalue weighted by atomic mass is 79.9. The van der Waals surface area contributed by atoms with E-state index in [1.165, 1.54) is 0 Å². The van der Waals surface area contributed by atoms with E-state index in [-0.39, 0.29) is 12.1 Å². The van der Waals surface area contributed by atoms with Crippen LogP contribution in [0.3, 0.4) is 0 Å². The molecule has 0 bridgehead atoms. The lowest BCUT2D eigenvalue weighted by atomic mass is 10.0. The Morgan fingerprint density at radius 2 is 2.10 bits per heavy atom. The van der Waals surface area contributed by atoms with Gasteiger partial charge in [0.25, 0.3) is 0 Å². The number of pyridine rings is 1. The van der Waals surface area contributed by atoms with Crippen molar-refractivity contribution in [3.63, 3.8) is 0 Å². The molecular formula is C14H19BrN4O. The van der Waals surface area contributed by atoms with Crippen LogP contribution in [-0.2, 0) is 0 Å². The summed E-state index contributed by atoms with van der Waals surface area (Å²) in [6, 6.07) is 2.22. The van der Waals surface area contributed by atoms with E-state index in [9.17, 15) is 0 Å². The second kappa shape index (κ2) is 6.37. The van der Waals surface area contributed by atoms with E-state index in [4.69, 9.17) is 4.74 Å². The van der Waals surface area contributed by atoms with Gasteiger partial charge in [-0.1, -0.05) is 0 Å². The summed E-state index contributed by atoms with van der Waals surface area (Å²) in [5, 5.41) is 7.77. The van der Waals surface area contributed by atoms with Crippen LogP contribution in [0.1, 0.15) is 37.2 Å². The second-order valence-electron chi connectivity index (χ2n) is 4.76. The molecule has 2 heterocycles. The van der Waals surface area contributed by atoms with Crippen LogP contribution in [0.15, 0.2) is 29.1 Å². The molecule has 6 heteroatoms. The number of aromatic nitrogens is 3. The average Bonchev–Trinajstić information content (AvgIpc) is 2.83. The first-order valence-electron chi connectivity index (χ1n) is 6.48. The van der Waals surface area contributed by atoms with E-state index < -0.39 is 0 Å². The molecule has 2 aromatic heterocycles. The van der Waals surface area contributed by atoms with Gasteiger partial charge in [-0.05, 0) is 42.9 Å². The van der Waals surface area contributed by atoms with Gasteiger partial charge in [0.1, 0.15) is 5.75 Å². The molecule has 5 nitrogen and oxygen atoms in total. The Balaban J connectivity index is 2.55. The normalized spacial score (nSPS) is 12.7. The summed E-state index contributed by atoms with van der Waals surface area (Å²) in [5.74, 6) is 0.759. The van der Waals surface area contributed by atoms with Crippen molar-refractivity contribution in [1.82, 2.24) is 20.1 Å². The molecule has 0 aliphatic rings. The van der Waals surface area contributed by atoms with Gasteiger partial charge >= 0.3 is 0 Å². The number of hydrogen-bond acceptors (Lipinski definition) is 4. The van der Waals surface area contributed by atoms with Gasteiger partial charge in [-0.15, -0.1) is 0 Å². The van der Waals surface area contributed by atoms with Gasteiger partial charge in [0, 0.05) is 17.8 Å². The highest BCUT2D eigenvalue weighted by molar-refractivity contribution is 9.10. The molecule has 108 valence electrons. The van der Waals surface area contributed by atoms with Crippen molar-refractivity contribution >= 4 is 15.9 Å². The zero-order chi connectivity index (χ0) is 14.7. The third-order valence-electron chi connectivity index (χ3n) is 3.19. The first-order chi connectivity index (χ1) is 9.60. The monoisotopic (exact) mass is 338 g/mol. The van der Waals surface area contributed by atoms with E-state index in [1.54, 1.807) is 19.5 Å². The molecule has 0 aliphatic heterocycles. The van der Waals surface area contributed by atoms with E-state index >= 15 is 0 Å². The summed E-state index contributed by atoms with van der Waals surface area (Å²) >= 11 is 3.59. The average molecular weight is 339 g/mol. The predicted octanol–water partition coefficient (Wildman–Crippen LogP) is 2.94. The molecule has 2 rings (SSSR count). The molecule has 0 aromatic carbocycles. The van der Waals surface area contributed by atoms with Crippen LogP contribution in [0.5, 0.6) is 5.75 Å². The molecule has 1 atom stereocenters. The molecular weight excluding hydrogens is 320 g/mol. The van der Waals surface area contributed by atoms with E-state index in [1.807, 2.05) is 24.0 Å². The minimum absolute atomic E-state index is 0.0211. The van der Waals surface area contributed by atoms with Crippen molar-refractivity contribution in [2.45, 2.75) is 25.9 Å². The van der Waals surface area contributed by atoms with Gasteiger partial charge in [-0.2, -0.15) is 5.10 Å². The van der Waals surface area contributed by atoms with Crippen LogP contribution >= 0.6 is 15.9 Å². The summed E-state index contributed by atoms with van der Waals surface area (Å²) in [7, 11) is 3.58. The summed E-state index contributed by atoms with van der Waals surface area (Å²) in [5.41, 5.74) is 2.11. The molecule has 0 aliphatic carbocycles. The third-order valence-corrected chi connectivity index (χ3v) is 3.80. The van der Waals surface area contributed by atoms with Crippen LogP contribution in [0.25, 0.3) is 0 Å². The molecule has 0 saturated carbocycles. The number of rotatable bonds is 5. The molecule has 0 fully saturated rings. The van der Waals surface area contributed by atoms with Gasteiger partial charge < -0.3 is 10.1 Å².